The van der Waals surface area contributed by atoms with Crippen LogP contribution in [-0.4, -0.2) is 36.9 Å². The summed E-state index contributed by atoms with van der Waals surface area (Å²) in [6, 6.07) is 6.51. The molecule has 0 spiro atoms. The molecule has 0 saturated carbocycles. The molecule has 1 amide bonds. The lowest BCUT2D eigenvalue weighted by Crippen LogP contribution is -2.41. The van der Waals surface area contributed by atoms with Gasteiger partial charge in [-0.2, -0.15) is 0 Å². The van der Waals surface area contributed by atoms with Crippen molar-refractivity contribution in [1.29, 1.82) is 0 Å². The predicted molar refractivity (Wildman–Crippen MR) is 71.1 cm³/mol. The number of hydrogen-bond acceptors (Lipinski definition) is 3. The number of anilines is 1. The fourth-order valence-electron chi connectivity index (χ4n) is 1.63. The van der Waals surface area contributed by atoms with Gasteiger partial charge in [-0.3, -0.25) is 9.69 Å². The maximum atomic E-state index is 12.3. The SMILES string of the molecule is CC(C(=O)Nc1ccccc1CN)N(C)CC(F)F. The van der Waals surface area contributed by atoms with Crippen molar-refractivity contribution in [2.45, 2.75) is 25.9 Å². The van der Waals surface area contributed by atoms with Gasteiger partial charge in [-0.25, -0.2) is 8.78 Å². The Labute approximate surface area is 111 Å². The van der Waals surface area contributed by atoms with E-state index in [1.54, 1.807) is 19.1 Å². The number of carbonyl (C=O) groups excluding carboxylic acids is 1. The molecule has 3 N–H and O–H groups in total. The molecule has 0 fully saturated rings. The Bertz CT molecular complexity index is 426. The molecule has 1 rings (SSSR count). The first-order valence-electron chi connectivity index (χ1n) is 6.03. The van der Waals surface area contributed by atoms with Gasteiger partial charge in [-0.15, -0.1) is 0 Å². The van der Waals surface area contributed by atoms with Crippen molar-refractivity contribution in [3.05, 3.63) is 29.8 Å². The molecule has 0 radical (unpaired) electrons. The van der Waals surface area contributed by atoms with Crippen molar-refractivity contribution in [1.82, 2.24) is 4.90 Å². The maximum absolute atomic E-state index is 12.3. The predicted octanol–water partition coefficient (Wildman–Crippen LogP) is 1.67. The number of halogens is 2. The lowest BCUT2D eigenvalue weighted by molar-refractivity contribution is -0.120. The molecule has 0 aliphatic heterocycles. The number of hydrogen-bond donors (Lipinski definition) is 2. The summed E-state index contributed by atoms with van der Waals surface area (Å²) < 4.78 is 24.5. The third kappa shape index (κ3) is 4.57. The van der Waals surface area contributed by atoms with E-state index in [2.05, 4.69) is 5.32 Å². The molecule has 0 bridgehead atoms. The van der Waals surface area contributed by atoms with Gasteiger partial charge in [-0.05, 0) is 25.6 Å². The van der Waals surface area contributed by atoms with E-state index in [4.69, 9.17) is 5.73 Å². The highest BCUT2D eigenvalue weighted by Crippen LogP contribution is 2.15. The highest BCUT2D eigenvalue weighted by Gasteiger charge is 2.21. The number of alkyl halides is 2. The molecule has 106 valence electrons. The van der Waals surface area contributed by atoms with Crippen molar-refractivity contribution in [3.8, 4) is 0 Å². The fraction of sp³-hybridized carbons (Fsp3) is 0.462. The molecule has 0 aliphatic rings. The molecule has 0 aliphatic carbocycles. The van der Waals surface area contributed by atoms with Crippen LogP contribution < -0.4 is 11.1 Å². The van der Waals surface area contributed by atoms with Crippen LogP contribution in [0, 0.1) is 0 Å². The largest absolute Gasteiger partial charge is 0.326 e. The van der Waals surface area contributed by atoms with Gasteiger partial charge in [0.05, 0.1) is 12.6 Å². The number of carbonyl (C=O) groups is 1. The lowest BCUT2D eigenvalue weighted by atomic mass is 10.1. The molecule has 1 unspecified atom stereocenters. The Morgan fingerprint density at radius 1 is 1.42 bits per heavy atom. The highest BCUT2D eigenvalue weighted by atomic mass is 19.3. The Hall–Kier alpha value is -1.53. The summed E-state index contributed by atoms with van der Waals surface area (Å²) in [5.74, 6) is -0.330. The number of nitrogens with zero attached hydrogens (tertiary/aromatic N) is 1. The second-order valence-corrected chi connectivity index (χ2v) is 4.36. The average molecular weight is 271 g/mol. The minimum Gasteiger partial charge on any atom is -0.326 e. The van der Waals surface area contributed by atoms with Crippen LogP contribution in [0.3, 0.4) is 0 Å². The molecule has 1 aromatic rings. The first-order chi connectivity index (χ1) is 8.95. The summed E-state index contributed by atoms with van der Waals surface area (Å²) in [4.78, 5) is 13.3. The second-order valence-electron chi connectivity index (χ2n) is 4.36. The number of nitrogens with two attached hydrogens (primary N) is 1. The Morgan fingerprint density at radius 2 is 2.05 bits per heavy atom. The summed E-state index contributed by atoms with van der Waals surface area (Å²) in [7, 11) is 1.49. The van der Waals surface area contributed by atoms with E-state index in [9.17, 15) is 13.6 Å². The average Bonchev–Trinajstić information content (AvgIpc) is 2.37. The Morgan fingerprint density at radius 3 is 2.63 bits per heavy atom. The monoisotopic (exact) mass is 271 g/mol. The molecule has 1 atom stereocenters. The summed E-state index contributed by atoms with van der Waals surface area (Å²) in [6.45, 7) is 1.45. The number of rotatable bonds is 6. The first-order valence-corrected chi connectivity index (χ1v) is 6.03. The van der Waals surface area contributed by atoms with Crippen LogP contribution in [0.5, 0.6) is 0 Å². The Kier molecular flexibility index (Phi) is 5.85. The summed E-state index contributed by atoms with van der Waals surface area (Å²) in [6.07, 6.45) is -2.46. The topological polar surface area (TPSA) is 58.4 Å². The molecule has 4 nitrogen and oxygen atoms in total. The van der Waals surface area contributed by atoms with Gasteiger partial charge >= 0.3 is 0 Å². The van der Waals surface area contributed by atoms with E-state index >= 15 is 0 Å². The molecule has 0 aromatic heterocycles. The quantitative estimate of drug-likeness (QED) is 0.827. The summed E-state index contributed by atoms with van der Waals surface area (Å²) in [5.41, 5.74) is 6.99. The molecule has 19 heavy (non-hydrogen) atoms. The molecule has 1 aromatic carbocycles. The smallest absolute Gasteiger partial charge is 0.251 e. The van der Waals surface area contributed by atoms with Gasteiger partial charge in [0.25, 0.3) is 6.43 Å². The first kappa shape index (κ1) is 15.5. The normalized spacial score (nSPS) is 12.8. The molecular formula is C13H19F2N3O. The number of para-hydroxylation sites is 1. The van der Waals surface area contributed by atoms with Crippen molar-refractivity contribution in [2.75, 3.05) is 18.9 Å². The molecule has 0 heterocycles. The number of nitrogens with one attached hydrogen (secondary N) is 1. The number of likely N-dealkylation sites (N-methyl/N-ethyl adjacent to an activating group) is 1. The van der Waals surface area contributed by atoms with Crippen LogP contribution in [0.25, 0.3) is 0 Å². The highest BCUT2D eigenvalue weighted by molar-refractivity contribution is 5.95. The van der Waals surface area contributed by atoms with Crippen LogP contribution in [0.2, 0.25) is 0 Å². The lowest BCUT2D eigenvalue weighted by Gasteiger charge is -2.23. The third-order valence-electron chi connectivity index (χ3n) is 2.96. The fourth-order valence-corrected chi connectivity index (χ4v) is 1.63. The zero-order valence-electron chi connectivity index (χ0n) is 11.1. The minimum absolute atomic E-state index is 0.303. The van der Waals surface area contributed by atoms with Crippen molar-refractivity contribution in [2.24, 2.45) is 5.73 Å². The van der Waals surface area contributed by atoms with Gasteiger partial charge in [-0.1, -0.05) is 18.2 Å². The van der Waals surface area contributed by atoms with Crippen LogP contribution in [0.1, 0.15) is 12.5 Å². The van der Waals surface area contributed by atoms with E-state index in [0.29, 0.717) is 12.2 Å². The zero-order chi connectivity index (χ0) is 14.4. The minimum atomic E-state index is -2.46. The van der Waals surface area contributed by atoms with Crippen LogP contribution in [-0.2, 0) is 11.3 Å². The van der Waals surface area contributed by atoms with Crippen LogP contribution >= 0.6 is 0 Å². The van der Waals surface area contributed by atoms with Gasteiger partial charge < -0.3 is 11.1 Å². The standard InChI is InChI=1S/C13H19F2N3O/c1-9(18(2)8-12(14)15)13(19)17-11-6-4-3-5-10(11)7-16/h3-6,9,12H,7-8,16H2,1-2H3,(H,17,19). The molecular weight excluding hydrogens is 252 g/mol. The number of benzene rings is 1. The number of amides is 1. The summed E-state index contributed by atoms with van der Waals surface area (Å²) in [5, 5.41) is 2.71. The van der Waals surface area contributed by atoms with Gasteiger partial charge in [0, 0.05) is 12.2 Å². The third-order valence-corrected chi connectivity index (χ3v) is 2.96. The van der Waals surface area contributed by atoms with E-state index in [1.807, 2.05) is 12.1 Å². The summed E-state index contributed by atoms with van der Waals surface area (Å²) >= 11 is 0. The second kappa shape index (κ2) is 7.16. The Balaban J connectivity index is 2.68. The van der Waals surface area contributed by atoms with Crippen molar-refractivity contribution >= 4 is 11.6 Å². The maximum Gasteiger partial charge on any atom is 0.251 e. The van der Waals surface area contributed by atoms with Crippen molar-refractivity contribution < 1.29 is 13.6 Å². The zero-order valence-corrected chi connectivity index (χ0v) is 11.1. The van der Waals surface area contributed by atoms with Gasteiger partial charge in [0.15, 0.2) is 0 Å². The van der Waals surface area contributed by atoms with E-state index in [1.165, 1.54) is 11.9 Å². The van der Waals surface area contributed by atoms with E-state index in [-0.39, 0.29) is 5.91 Å². The van der Waals surface area contributed by atoms with Crippen LogP contribution in [0.4, 0.5) is 14.5 Å². The van der Waals surface area contributed by atoms with Gasteiger partial charge in [0.1, 0.15) is 0 Å². The van der Waals surface area contributed by atoms with E-state index < -0.39 is 19.0 Å². The van der Waals surface area contributed by atoms with Crippen LogP contribution in [0.15, 0.2) is 24.3 Å². The molecule has 6 heteroatoms. The van der Waals surface area contributed by atoms with Crippen molar-refractivity contribution in [3.63, 3.8) is 0 Å². The molecule has 0 saturated heterocycles. The van der Waals surface area contributed by atoms with Gasteiger partial charge in [0.2, 0.25) is 5.91 Å². The van der Waals surface area contributed by atoms with E-state index in [0.717, 1.165) is 5.56 Å².